The fourth-order valence-corrected chi connectivity index (χ4v) is 4.42. The number of carbonyl (C=O) groups excluding carboxylic acids is 1. The van der Waals surface area contributed by atoms with Crippen LogP contribution in [0.5, 0.6) is 11.5 Å². The third-order valence-electron chi connectivity index (χ3n) is 5.39. The van der Waals surface area contributed by atoms with E-state index in [2.05, 4.69) is 18.0 Å². The highest BCUT2D eigenvalue weighted by Gasteiger charge is 2.18. The van der Waals surface area contributed by atoms with Gasteiger partial charge in [-0.1, -0.05) is 18.2 Å². The normalized spacial score (nSPS) is 12.5. The maximum absolute atomic E-state index is 13.2. The summed E-state index contributed by atoms with van der Waals surface area (Å²) in [5, 5.41) is 2.50. The van der Waals surface area contributed by atoms with Crippen LogP contribution in [-0.4, -0.2) is 22.1 Å². The number of aromatic nitrogens is 2. The summed E-state index contributed by atoms with van der Waals surface area (Å²) in [5.74, 6) is 0.958. The number of aryl methyl sites for hydroxylation is 2. The Hall–Kier alpha value is -3.45. The van der Waals surface area contributed by atoms with Gasteiger partial charge in [-0.05, 0) is 48.7 Å². The molecular weight excluding hydrogens is 400 g/mol. The summed E-state index contributed by atoms with van der Waals surface area (Å²) in [6.07, 6.45) is 1.44. The highest BCUT2D eigenvalue weighted by atomic mass is 32.1. The number of ketones is 1. The Labute approximate surface area is 176 Å². The molecule has 0 fully saturated rings. The largest absolute Gasteiger partial charge is 0.454 e. The smallest absolute Gasteiger partial charge is 0.263 e. The summed E-state index contributed by atoms with van der Waals surface area (Å²) in [5.41, 5.74) is 4.43. The van der Waals surface area contributed by atoms with E-state index in [0.29, 0.717) is 27.3 Å². The first-order valence-corrected chi connectivity index (χ1v) is 10.4. The first-order chi connectivity index (χ1) is 14.5. The predicted molar refractivity (Wildman–Crippen MR) is 116 cm³/mol. The molecule has 3 heterocycles. The van der Waals surface area contributed by atoms with Gasteiger partial charge in [-0.3, -0.25) is 14.2 Å². The first-order valence-electron chi connectivity index (χ1n) is 9.48. The molecule has 0 bridgehead atoms. The lowest BCUT2D eigenvalue weighted by Crippen LogP contribution is -2.24. The highest BCUT2D eigenvalue weighted by Crippen LogP contribution is 2.33. The van der Waals surface area contributed by atoms with Crippen molar-refractivity contribution < 1.29 is 14.3 Å². The monoisotopic (exact) mass is 418 g/mol. The predicted octanol–water partition coefficient (Wildman–Crippen LogP) is 4.35. The number of nitrogens with zero attached hydrogens (tertiary/aromatic N) is 2. The Kier molecular flexibility index (Phi) is 4.40. The topological polar surface area (TPSA) is 70.4 Å². The zero-order valence-corrected chi connectivity index (χ0v) is 17.3. The second-order valence-electron chi connectivity index (χ2n) is 7.30. The standard InChI is InChI=1S/C23H18N2O4S/c1-13-3-4-15(7-14(13)2)17-10-30-22-21(17)23(27)25(11-24-22)9-18(26)16-5-6-19-20(8-16)29-12-28-19/h3-8,10-11H,9,12H2,1-2H3. The number of ether oxygens (including phenoxy) is 2. The van der Waals surface area contributed by atoms with Crippen molar-refractivity contribution in [2.45, 2.75) is 20.4 Å². The SMILES string of the molecule is Cc1ccc(-c2csc3ncn(CC(=O)c4ccc5c(c4)OCO5)c(=O)c23)cc1C. The highest BCUT2D eigenvalue weighted by molar-refractivity contribution is 7.17. The van der Waals surface area contributed by atoms with Crippen LogP contribution >= 0.6 is 11.3 Å². The maximum atomic E-state index is 13.2. The van der Waals surface area contributed by atoms with E-state index in [1.165, 1.54) is 27.8 Å². The summed E-state index contributed by atoms with van der Waals surface area (Å²) in [6, 6.07) is 11.2. The van der Waals surface area contributed by atoms with E-state index in [9.17, 15) is 9.59 Å². The molecule has 0 saturated heterocycles. The van der Waals surface area contributed by atoms with Gasteiger partial charge in [0.1, 0.15) is 4.83 Å². The van der Waals surface area contributed by atoms with Crippen LogP contribution in [-0.2, 0) is 6.54 Å². The molecule has 0 amide bonds. The molecule has 0 spiro atoms. The average molecular weight is 418 g/mol. The Morgan fingerprint density at radius 2 is 1.93 bits per heavy atom. The van der Waals surface area contributed by atoms with Crippen molar-refractivity contribution in [3.05, 3.63) is 75.1 Å². The van der Waals surface area contributed by atoms with E-state index in [-0.39, 0.29) is 24.7 Å². The number of hydrogen-bond donors (Lipinski definition) is 0. The van der Waals surface area contributed by atoms with Crippen molar-refractivity contribution in [3.63, 3.8) is 0 Å². The first kappa shape index (κ1) is 18.6. The molecule has 1 aliphatic heterocycles. The van der Waals surface area contributed by atoms with E-state index in [0.717, 1.165) is 16.7 Å². The molecule has 150 valence electrons. The number of Topliss-reactive ketones (excluding diaryl/α,β-unsaturated/α-hetero) is 1. The fourth-order valence-electron chi connectivity index (χ4n) is 3.52. The van der Waals surface area contributed by atoms with Crippen LogP contribution in [0.2, 0.25) is 0 Å². The van der Waals surface area contributed by atoms with Gasteiger partial charge in [0.15, 0.2) is 17.3 Å². The molecule has 4 aromatic rings. The molecule has 0 atom stereocenters. The number of thiophene rings is 1. The maximum Gasteiger partial charge on any atom is 0.263 e. The molecule has 30 heavy (non-hydrogen) atoms. The van der Waals surface area contributed by atoms with Crippen LogP contribution in [0.25, 0.3) is 21.3 Å². The molecule has 2 aromatic heterocycles. The summed E-state index contributed by atoms with van der Waals surface area (Å²) >= 11 is 1.43. The van der Waals surface area contributed by atoms with Gasteiger partial charge in [0.25, 0.3) is 5.56 Å². The van der Waals surface area contributed by atoms with Crippen LogP contribution in [0.3, 0.4) is 0 Å². The molecule has 0 aliphatic carbocycles. The number of carbonyl (C=O) groups is 1. The second-order valence-corrected chi connectivity index (χ2v) is 8.16. The third-order valence-corrected chi connectivity index (χ3v) is 6.27. The van der Waals surface area contributed by atoms with Gasteiger partial charge in [-0.15, -0.1) is 11.3 Å². The van der Waals surface area contributed by atoms with Gasteiger partial charge in [0.05, 0.1) is 18.3 Å². The molecular formula is C23H18N2O4S. The lowest BCUT2D eigenvalue weighted by molar-refractivity contribution is 0.0970. The summed E-state index contributed by atoms with van der Waals surface area (Å²) in [7, 11) is 0. The summed E-state index contributed by atoms with van der Waals surface area (Å²) < 4.78 is 12.0. The van der Waals surface area contributed by atoms with Crippen molar-refractivity contribution in [1.82, 2.24) is 9.55 Å². The molecule has 2 aromatic carbocycles. The molecule has 1 aliphatic rings. The van der Waals surface area contributed by atoms with Crippen LogP contribution in [0.1, 0.15) is 21.5 Å². The molecule has 0 N–H and O–H groups in total. The number of benzene rings is 2. The van der Waals surface area contributed by atoms with Gasteiger partial charge >= 0.3 is 0 Å². The zero-order valence-electron chi connectivity index (χ0n) is 16.5. The van der Waals surface area contributed by atoms with Gasteiger partial charge in [-0.2, -0.15) is 0 Å². The third kappa shape index (κ3) is 3.07. The molecule has 7 heteroatoms. The molecule has 6 nitrogen and oxygen atoms in total. The van der Waals surface area contributed by atoms with Crippen molar-refractivity contribution in [1.29, 1.82) is 0 Å². The molecule has 0 radical (unpaired) electrons. The minimum absolute atomic E-state index is 0.0936. The number of hydrogen-bond acceptors (Lipinski definition) is 6. The lowest BCUT2D eigenvalue weighted by atomic mass is 10.0. The van der Waals surface area contributed by atoms with Gasteiger partial charge < -0.3 is 9.47 Å². The Morgan fingerprint density at radius 3 is 2.77 bits per heavy atom. The molecule has 0 saturated carbocycles. The van der Waals surface area contributed by atoms with E-state index in [1.807, 2.05) is 24.4 Å². The van der Waals surface area contributed by atoms with Crippen LogP contribution in [0.4, 0.5) is 0 Å². The van der Waals surface area contributed by atoms with Gasteiger partial charge in [0, 0.05) is 16.5 Å². The van der Waals surface area contributed by atoms with Gasteiger partial charge in [-0.25, -0.2) is 4.98 Å². The Balaban J connectivity index is 1.52. The zero-order chi connectivity index (χ0) is 20.8. The van der Waals surface area contributed by atoms with Crippen LogP contribution < -0.4 is 15.0 Å². The minimum atomic E-state index is -0.219. The summed E-state index contributed by atoms with van der Waals surface area (Å²) in [4.78, 5) is 31.1. The fraction of sp³-hybridized carbons (Fsp3) is 0.174. The quantitative estimate of drug-likeness (QED) is 0.461. The number of rotatable bonds is 4. The van der Waals surface area contributed by atoms with Crippen molar-refractivity contribution >= 4 is 27.3 Å². The van der Waals surface area contributed by atoms with Gasteiger partial charge in [0.2, 0.25) is 6.79 Å². The van der Waals surface area contributed by atoms with E-state index < -0.39 is 0 Å². The van der Waals surface area contributed by atoms with E-state index in [1.54, 1.807) is 18.2 Å². The van der Waals surface area contributed by atoms with Crippen LogP contribution in [0.15, 0.2) is 52.9 Å². The summed E-state index contributed by atoms with van der Waals surface area (Å²) in [6.45, 7) is 4.16. The average Bonchev–Trinajstić information content (AvgIpc) is 3.38. The van der Waals surface area contributed by atoms with E-state index in [4.69, 9.17) is 9.47 Å². The Morgan fingerprint density at radius 1 is 1.10 bits per heavy atom. The second kappa shape index (κ2) is 7.11. The van der Waals surface area contributed by atoms with Crippen molar-refractivity contribution in [3.8, 4) is 22.6 Å². The molecule has 0 unspecified atom stereocenters. The van der Waals surface area contributed by atoms with Crippen LogP contribution in [0, 0.1) is 13.8 Å². The molecule has 5 rings (SSSR count). The minimum Gasteiger partial charge on any atom is -0.454 e. The lowest BCUT2D eigenvalue weighted by Gasteiger charge is -2.07. The van der Waals surface area contributed by atoms with Crippen molar-refractivity contribution in [2.24, 2.45) is 0 Å². The number of fused-ring (bicyclic) bond motifs is 2. The Bertz CT molecular complexity index is 1370. The van der Waals surface area contributed by atoms with Crippen molar-refractivity contribution in [2.75, 3.05) is 6.79 Å². The van der Waals surface area contributed by atoms with E-state index >= 15 is 0 Å².